The van der Waals surface area contributed by atoms with Crippen LogP contribution in [0.25, 0.3) is 0 Å². The largest absolute Gasteiger partial charge is 0.481 e. The van der Waals surface area contributed by atoms with Gasteiger partial charge in [-0.3, -0.25) is 9.59 Å². The van der Waals surface area contributed by atoms with Gasteiger partial charge in [0.15, 0.2) is 0 Å². The minimum atomic E-state index is -0.933. The number of amides is 1. The Labute approximate surface area is 130 Å². The number of alkyl carbamates (subject to hydrolysis) is 1. The zero-order valence-electron chi connectivity index (χ0n) is 13.3. The highest BCUT2D eigenvalue weighted by molar-refractivity contribution is 5.72. The number of aliphatic carboxylic acids is 1. The second-order valence-corrected chi connectivity index (χ2v) is 6.00. The van der Waals surface area contributed by atoms with E-state index < -0.39 is 24.3 Å². The fraction of sp³-hybridized carbons (Fsp3) is 0.800. The summed E-state index contributed by atoms with van der Waals surface area (Å²) in [5.74, 6) is -1.45. The standard InChI is InChI=1S/C15H25NO6/c1-9(2)14(19)21-10(3)22-15(20)16-8-11-4-6-12(7-5-11)13(17)18/h9-12H,4-8H2,1-3H3,(H,16,20)(H,17,18)/t10-,11?,12?/m1/s1. The van der Waals surface area contributed by atoms with Crippen LogP contribution in [0.2, 0.25) is 0 Å². The van der Waals surface area contributed by atoms with Gasteiger partial charge < -0.3 is 19.9 Å². The van der Waals surface area contributed by atoms with Crippen LogP contribution in [0.4, 0.5) is 4.79 Å². The molecule has 0 spiro atoms. The van der Waals surface area contributed by atoms with Gasteiger partial charge in [0.2, 0.25) is 6.29 Å². The molecule has 1 atom stereocenters. The van der Waals surface area contributed by atoms with E-state index in [1.807, 2.05) is 0 Å². The van der Waals surface area contributed by atoms with Crippen molar-refractivity contribution in [2.75, 3.05) is 6.54 Å². The lowest BCUT2D eigenvalue weighted by molar-refractivity contribution is -0.168. The number of carboxylic acid groups (broad SMARTS) is 1. The van der Waals surface area contributed by atoms with E-state index in [0.717, 1.165) is 12.8 Å². The lowest BCUT2D eigenvalue weighted by atomic mass is 9.82. The van der Waals surface area contributed by atoms with Crippen molar-refractivity contribution in [1.82, 2.24) is 5.32 Å². The van der Waals surface area contributed by atoms with Gasteiger partial charge in [-0.25, -0.2) is 4.79 Å². The molecule has 1 aliphatic rings. The van der Waals surface area contributed by atoms with Crippen LogP contribution >= 0.6 is 0 Å². The molecule has 0 aliphatic heterocycles. The zero-order chi connectivity index (χ0) is 16.7. The second-order valence-electron chi connectivity index (χ2n) is 6.00. The van der Waals surface area contributed by atoms with E-state index in [9.17, 15) is 14.4 Å². The number of esters is 1. The van der Waals surface area contributed by atoms with Gasteiger partial charge in [-0.1, -0.05) is 13.8 Å². The van der Waals surface area contributed by atoms with Crippen molar-refractivity contribution in [2.45, 2.75) is 52.7 Å². The second kappa shape index (κ2) is 8.60. The molecule has 0 bridgehead atoms. The number of hydrogen-bond acceptors (Lipinski definition) is 5. The summed E-state index contributed by atoms with van der Waals surface area (Å²) >= 11 is 0. The maximum Gasteiger partial charge on any atom is 0.410 e. The van der Waals surface area contributed by atoms with Crippen LogP contribution in [0.5, 0.6) is 0 Å². The molecule has 126 valence electrons. The summed E-state index contributed by atoms with van der Waals surface area (Å²) in [6.45, 7) is 5.32. The molecule has 7 heteroatoms. The Hall–Kier alpha value is -1.79. The van der Waals surface area contributed by atoms with Crippen molar-refractivity contribution in [3.63, 3.8) is 0 Å². The van der Waals surface area contributed by atoms with Crippen molar-refractivity contribution in [1.29, 1.82) is 0 Å². The Balaban J connectivity index is 2.21. The Morgan fingerprint density at radius 1 is 1.09 bits per heavy atom. The molecule has 0 saturated heterocycles. The first-order valence-electron chi connectivity index (χ1n) is 7.67. The normalized spacial score (nSPS) is 22.7. The SMILES string of the molecule is CC(C)C(=O)O[C@@H](C)OC(=O)NCC1CCC(C(=O)O)CC1. The first-order chi connectivity index (χ1) is 10.3. The van der Waals surface area contributed by atoms with E-state index in [-0.39, 0.29) is 17.8 Å². The quantitative estimate of drug-likeness (QED) is 0.575. The predicted octanol–water partition coefficient (Wildman–Crippen LogP) is 2.15. The van der Waals surface area contributed by atoms with E-state index in [2.05, 4.69) is 5.32 Å². The smallest absolute Gasteiger partial charge is 0.410 e. The molecule has 1 saturated carbocycles. The highest BCUT2D eigenvalue weighted by Crippen LogP contribution is 2.28. The number of nitrogens with one attached hydrogen (secondary N) is 1. The van der Waals surface area contributed by atoms with Gasteiger partial charge in [0.1, 0.15) is 0 Å². The lowest BCUT2D eigenvalue weighted by Crippen LogP contribution is -2.35. The summed E-state index contributed by atoms with van der Waals surface area (Å²) in [7, 11) is 0. The van der Waals surface area contributed by atoms with Crippen LogP contribution in [-0.2, 0) is 19.1 Å². The Bertz CT molecular complexity index is 401. The third-order valence-corrected chi connectivity index (χ3v) is 3.76. The predicted molar refractivity (Wildman–Crippen MR) is 78.0 cm³/mol. The number of carboxylic acids is 1. The molecule has 0 aromatic carbocycles. The monoisotopic (exact) mass is 315 g/mol. The fourth-order valence-corrected chi connectivity index (χ4v) is 2.36. The van der Waals surface area contributed by atoms with Gasteiger partial charge in [-0.05, 0) is 31.6 Å². The minimum absolute atomic E-state index is 0.261. The summed E-state index contributed by atoms with van der Waals surface area (Å²) in [6, 6.07) is 0. The first kappa shape index (κ1) is 18.3. The molecule has 7 nitrogen and oxygen atoms in total. The topological polar surface area (TPSA) is 102 Å². The van der Waals surface area contributed by atoms with Gasteiger partial charge in [0.05, 0.1) is 11.8 Å². The van der Waals surface area contributed by atoms with Gasteiger partial charge in [0, 0.05) is 13.5 Å². The Kier molecular flexibility index (Phi) is 7.14. The van der Waals surface area contributed by atoms with Crippen LogP contribution in [-0.4, -0.2) is 36.0 Å². The van der Waals surface area contributed by atoms with E-state index in [1.54, 1.807) is 13.8 Å². The number of carbonyl (C=O) groups is 3. The average Bonchev–Trinajstić information content (AvgIpc) is 2.45. The third-order valence-electron chi connectivity index (χ3n) is 3.76. The van der Waals surface area contributed by atoms with Gasteiger partial charge in [-0.15, -0.1) is 0 Å². The van der Waals surface area contributed by atoms with E-state index in [0.29, 0.717) is 19.4 Å². The van der Waals surface area contributed by atoms with Crippen molar-refractivity contribution in [2.24, 2.45) is 17.8 Å². The van der Waals surface area contributed by atoms with E-state index in [1.165, 1.54) is 6.92 Å². The van der Waals surface area contributed by atoms with Gasteiger partial charge >= 0.3 is 18.0 Å². The van der Waals surface area contributed by atoms with Crippen LogP contribution in [0, 0.1) is 17.8 Å². The summed E-state index contributed by atoms with van der Waals surface area (Å²) in [4.78, 5) is 33.8. The summed E-state index contributed by atoms with van der Waals surface area (Å²) in [5, 5.41) is 11.6. The molecule has 22 heavy (non-hydrogen) atoms. The molecule has 1 aliphatic carbocycles. The van der Waals surface area contributed by atoms with Crippen molar-refractivity contribution in [3.05, 3.63) is 0 Å². The molecule has 0 radical (unpaired) electrons. The van der Waals surface area contributed by atoms with Crippen LogP contribution in [0.15, 0.2) is 0 Å². The molecule has 2 N–H and O–H groups in total. The maximum atomic E-state index is 11.6. The molecule has 0 aromatic heterocycles. The van der Waals surface area contributed by atoms with E-state index >= 15 is 0 Å². The van der Waals surface area contributed by atoms with E-state index in [4.69, 9.17) is 14.6 Å². The van der Waals surface area contributed by atoms with Gasteiger partial charge in [0.25, 0.3) is 0 Å². The third kappa shape index (κ3) is 6.32. The highest BCUT2D eigenvalue weighted by Gasteiger charge is 2.26. The van der Waals surface area contributed by atoms with Crippen LogP contribution < -0.4 is 5.32 Å². The molecular formula is C15H25NO6. The molecular weight excluding hydrogens is 290 g/mol. The summed E-state index contributed by atoms with van der Waals surface area (Å²) < 4.78 is 9.86. The van der Waals surface area contributed by atoms with Crippen molar-refractivity contribution in [3.8, 4) is 0 Å². The fourth-order valence-electron chi connectivity index (χ4n) is 2.36. The first-order valence-corrected chi connectivity index (χ1v) is 7.67. The molecule has 0 unspecified atom stereocenters. The van der Waals surface area contributed by atoms with Gasteiger partial charge in [-0.2, -0.15) is 0 Å². The number of carbonyl (C=O) groups excluding carboxylic acids is 2. The molecule has 1 rings (SSSR count). The summed E-state index contributed by atoms with van der Waals surface area (Å²) in [6.07, 6.45) is 1.25. The Morgan fingerprint density at radius 3 is 2.18 bits per heavy atom. The van der Waals surface area contributed by atoms with Crippen molar-refractivity contribution >= 4 is 18.0 Å². The van der Waals surface area contributed by atoms with Crippen LogP contribution in [0.3, 0.4) is 0 Å². The van der Waals surface area contributed by atoms with Crippen LogP contribution in [0.1, 0.15) is 46.5 Å². The molecule has 1 fully saturated rings. The minimum Gasteiger partial charge on any atom is -0.481 e. The highest BCUT2D eigenvalue weighted by atomic mass is 16.7. The average molecular weight is 315 g/mol. The molecule has 0 aromatic rings. The molecule has 0 heterocycles. The summed E-state index contributed by atoms with van der Waals surface area (Å²) in [5.41, 5.74) is 0. The molecule has 1 amide bonds. The van der Waals surface area contributed by atoms with Crippen molar-refractivity contribution < 1.29 is 29.0 Å². The number of rotatable bonds is 6. The Morgan fingerprint density at radius 2 is 1.68 bits per heavy atom. The number of hydrogen-bond donors (Lipinski definition) is 2. The zero-order valence-corrected chi connectivity index (χ0v) is 13.3. The number of ether oxygens (including phenoxy) is 2. The lowest BCUT2D eigenvalue weighted by Gasteiger charge is -2.26. The maximum absolute atomic E-state index is 11.6.